The van der Waals surface area contributed by atoms with Crippen molar-refractivity contribution < 1.29 is 13.0 Å². The van der Waals surface area contributed by atoms with Crippen LogP contribution in [0.2, 0.25) is 0 Å². The number of aliphatic imine (C=N–C) groups is 1. The normalized spacial score (nSPS) is 11.8. The van der Waals surface area contributed by atoms with Crippen LogP contribution in [0.25, 0.3) is 0 Å². The third kappa shape index (κ3) is 3.74. The number of hydrogen-bond donors (Lipinski definition) is 1. The fraction of sp³-hybridized carbons (Fsp3) is 0.0714. The van der Waals surface area contributed by atoms with Gasteiger partial charge < -0.3 is 0 Å². The summed E-state index contributed by atoms with van der Waals surface area (Å²) in [6.07, 6.45) is 1.45. The minimum absolute atomic E-state index is 0.133. The number of rotatable bonds is 4. The summed E-state index contributed by atoms with van der Waals surface area (Å²) in [5.74, 6) is 0. The average Bonchev–Trinajstić information content (AvgIpc) is 2.39. The summed E-state index contributed by atoms with van der Waals surface area (Å²) in [6.45, 7) is 0.459. The maximum Gasteiger partial charge on any atom is 0.295 e. The van der Waals surface area contributed by atoms with Crippen LogP contribution in [-0.2, 0) is 16.7 Å². The molecular formula is C14H13NO3S. The molecule has 1 N–H and O–H groups in total. The third-order valence-corrected chi connectivity index (χ3v) is 3.47. The molecule has 0 unspecified atom stereocenters. The van der Waals surface area contributed by atoms with E-state index in [9.17, 15) is 8.42 Å². The van der Waals surface area contributed by atoms with E-state index in [2.05, 4.69) is 4.99 Å². The van der Waals surface area contributed by atoms with Gasteiger partial charge in [0.25, 0.3) is 10.1 Å². The van der Waals surface area contributed by atoms with Crippen molar-refractivity contribution in [2.24, 2.45) is 4.99 Å². The standard InChI is InChI=1S/C14H13NO3S/c16-19(17,18)14-9-5-4-8-13(14)11-15-10-12-6-2-1-3-7-12/h1-9,11H,10H2,(H,16,17,18). The molecule has 2 aromatic carbocycles. The molecule has 0 atom stereocenters. The van der Waals surface area contributed by atoms with Gasteiger partial charge in [-0.25, -0.2) is 0 Å². The predicted molar refractivity (Wildman–Crippen MR) is 74.0 cm³/mol. The molecular weight excluding hydrogens is 262 g/mol. The summed E-state index contributed by atoms with van der Waals surface area (Å²) >= 11 is 0. The largest absolute Gasteiger partial charge is 0.295 e. The van der Waals surface area contributed by atoms with Crippen LogP contribution < -0.4 is 0 Å². The SMILES string of the molecule is O=S(=O)(O)c1ccccc1C=NCc1ccccc1. The minimum atomic E-state index is -4.22. The van der Waals surface area contributed by atoms with E-state index in [1.54, 1.807) is 18.2 Å². The van der Waals surface area contributed by atoms with E-state index in [-0.39, 0.29) is 4.90 Å². The first kappa shape index (κ1) is 13.5. The maximum absolute atomic E-state index is 11.2. The van der Waals surface area contributed by atoms with Crippen molar-refractivity contribution >= 4 is 16.3 Å². The lowest BCUT2D eigenvalue weighted by molar-refractivity contribution is 0.483. The molecule has 0 aliphatic heterocycles. The topological polar surface area (TPSA) is 66.7 Å². The first-order valence-corrected chi connectivity index (χ1v) is 7.11. The summed E-state index contributed by atoms with van der Waals surface area (Å²) in [5.41, 5.74) is 1.41. The Balaban J connectivity index is 2.20. The molecule has 5 heteroatoms. The first-order chi connectivity index (χ1) is 9.07. The fourth-order valence-electron chi connectivity index (χ4n) is 1.65. The zero-order valence-corrected chi connectivity index (χ0v) is 10.9. The van der Waals surface area contributed by atoms with E-state index in [0.29, 0.717) is 12.1 Å². The van der Waals surface area contributed by atoms with Gasteiger partial charge in [-0.3, -0.25) is 9.55 Å². The van der Waals surface area contributed by atoms with Gasteiger partial charge in [0.2, 0.25) is 0 Å². The molecule has 0 aliphatic carbocycles. The molecule has 0 fully saturated rings. The molecule has 0 heterocycles. The molecule has 0 saturated heterocycles. The first-order valence-electron chi connectivity index (χ1n) is 5.67. The number of benzene rings is 2. The Hall–Kier alpha value is -1.98. The van der Waals surface area contributed by atoms with E-state index in [4.69, 9.17) is 4.55 Å². The van der Waals surface area contributed by atoms with Crippen LogP contribution in [-0.4, -0.2) is 19.2 Å². The maximum atomic E-state index is 11.2. The monoisotopic (exact) mass is 275 g/mol. The Labute approximate surface area is 112 Å². The molecule has 2 rings (SSSR count). The third-order valence-electron chi connectivity index (χ3n) is 2.54. The Kier molecular flexibility index (Phi) is 4.09. The zero-order valence-electron chi connectivity index (χ0n) is 10.1. The highest BCUT2D eigenvalue weighted by molar-refractivity contribution is 7.86. The summed E-state index contributed by atoms with van der Waals surface area (Å²) in [5, 5.41) is 0. The van der Waals surface area contributed by atoms with Crippen molar-refractivity contribution in [3.8, 4) is 0 Å². The Morgan fingerprint density at radius 3 is 2.32 bits per heavy atom. The van der Waals surface area contributed by atoms with Gasteiger partial charge in [0.15, 0.2) is 0 Å². The van der Waals surface area contributed by atoms with Gasteiger partial charge in [-0.1, -0.05) is 48.5 Å². The molecule has 19 heavy (non-hydrogen) atoms. The van der Waals surface area contributed by atoms with Crippen LogP contribution in [0.15, 0.2) is 64.5 Å². The molecule has 0 saturated carbocycles. The van der Waals surface area contributed by atoms with E-state index in [0.717, 1.165) is 5.56 Å². The number of hydrogen-bond acceptors (Lipinski definition) is 3. The average molecular weight is 275 g/mol. The highest BCUT2D eigenvalue weighted by atomic mass is 32.2. The van der Waals surface area contributed by atoms with Crippen molar-refractivity contribution in [2.75, 3.05) is 0 Å². The van der Waals surface area contributed by atoms with Crippen LogP contribution >= 0.6 is 0 Å². The van der Waals surface area contributed by atoms with Gasteiger partial charge in [0, 0.05) is 11.8 Å². The van der Waals surface area contributed by atoms with E-state index >= 15 is 0 Å². The second-order valence-electron chi connectivity index (χ2n) is 3.97. The molecule has 0 spiro atoms. The van der Waals surface area contributed by atoms with Gasteiger partial charge >= 0.3 is 0 Å². The minimum Gasteiger partial charge on any atom is -0.288 e. The smallest absolute Gasteiger partial charge is 0.288 e. The second-order valence-corrected chi connectivity index (χ2v) is 5.36. The summed E-state index contributed by atoms with van der Waals surface area (Å²) in [6, 6.07) is 15.8. The van der Waals surface area contributed by atoms with Crippen LogP contribution in [0.4, 0.5) is 0 Å². The Morgan fingerprint density at radius 1 is 1.00 bits per heavy atom. The van der Waals surface area contributed by atoms with Crippen LogP contribution in [0, 0.1) is 0 Å². The predicted octanol–water partition coefficient (Wildman–Crippen LogP) is 2.55. The molecule has 0 aromatic heterocycles. The lowest BCUT2D eigenvalue weighted by atomic mass is 10.2. The quantitative estimate of drug-likeness (QED) is 0.688. The van der Waals surface area contributed by atoms with Crippen LogP contribution in [0.5, 0.6) is 0 Å². The van der Waals surface area contributed by atoms with E-state index < -0.39 is 10.1 Å². The Morgan fingerprint density at radius 2 is 1.63 bits per heavy atom. The molecule has 0 aliphatic rings. The highest BCUT2D eigenvalue weighted by Gasteiger charge is 2.12. The lowest BCUT2D eigenvalue weighted by Crippen LogP contribution is -2.02. The van der Waals surface area contributed by atoms with Crippen LogP contribution in [0.1, 0.15) is 11.1 Å². The lowest BCUT2D eigenvalue weighted by Gasteiger charge is -2.01. The summed E-state index contributed by atoms with van der Waals surface area (Å²) < 4.78 is 31.5. The van der Waals surface area contributed by atoms with Gasteiger partial charge in [0.1, 0.15) is 4.90 Å². The molecule has 4 nitrogen and oxygen atoms in total. The van der Waals surface area contributed by atoms with Crippen molar-refractivity contribution in [2.45, 2.75) is 11.4 Å². The second kappa shape index (κ2) is 5.77. The van der Waals surface area contributed by atoms with E-state index in [1.807, 2.05) is 30.3 Å². The van der Waals surface area contributed by atoms with Gasteiger partial charge in [-0.05, 0) is 11.6 Å². The van der Waals surface area contributed by atoms with Crippen molar-refractivity contribution in [1.82, 2.24) is 0 Å². The van der Waals surface area contributed by atoms with Crippen molar-refractivity contribution in [1.29, 1.82) is 0 Å². The van der Waals surface area contributed by atoms with Gasteiger partial charge in [-0.2, -0.15) is 8.42 Å². The van der Waals surface area contributed by atoms with Crippen molar-refractivity contribution in [3.05, 3.63) is 65.7 Å². The van der Waals surface area contributed by atoms with Gasteiger partial charge in [0.05, 0.1) is 6.54 Å². The van der Waals surface area contributed by atoms with Gasteiger partial charge in [-0.15, -0.1) is 0 Å². The van der Waals surface area contributed by atoms with Crippen LogP contribution in [0.3, 0.4) is 0 Å². The molecule has 0 bridgehead atoms. The zero-order chi connectivity index (χ0) is 13.7. The number of nitrogens with zero attached hydrogens (tertiary/aromatic N) is 1. The summed E-state index contributed by atoms with van der Waals surface area (Å²) in [7, 11) is -4.22. The summed E-state index contributed by atoms with van der Waals surface area (Å²) in [4.78, 5) is 4.05. The van der Waals surface area contributed by atoms with Crippen molar-refractivity contribution in [3.63, 3.8) is 0 Å². The highest BCUT2D eigenvalue weighted by Crippen LogP contribution is 2.13. The fourth-order valence-corrected chi connectivity index (χ4v) is 2.32. The molecule has 2 aromatic rings. The molecule has 0 radical (unpaired) electrons. The molecule has 0 amide bonds. The molecule has 98 valence electrons. The Bertz CT molecular complexity index is 679. The van der Waals surface area contributed by atoms with E-state index in [1.165, 1.54) is 12.3 Å².